The SMILES string of the molecule is CC(C)NCCC(=O)Nc1sc2c(c1-c1nc3cc(S(=O)(=O)C4CCCC4)ccc3s1)CCNC2. The predicted octanol–water partition coefficient (Wildman–Crippen LogP) is 4.71. The molecule has 1 aliphatic carbocycles. The summed E-state index contributed by atoms with van der Waals surface area (Å²) >= 11 is 3.17. The number of benzene rings is 1. The fourth-order valence-electron chi connectivity index (χ4n) is 4.89. The normalized spacial score (nSPS) is 16.8. The molecular formula is C25H32N4O3S3. The molecule has 0 radical (unpaired) electrons. The van der Waals surface area contributed by atoms with Gasteiger partial charge in [-0.1, -0.05) is 26.7 Å². The smallest absolute Gasteiger partial charge is 0.226 e. The van der Waals surface area contributed by atoms with Crippen LogP contribution < -0.4 is 16.0 Å². The number of nitrogens with one attached hydrogen (secondary N) is 3. The molecule has 188 valence electrons. The fraction of sp³-hybridized carbons (Fsp3) is 0.520. The van der Waals surface area contributed by atoms with E-state index in [-0.39, 0.29) is 11.2 Å². The van der Waals surface area contributed by atoms with E-state index >= 15 is 0 Å². The fourth-order valence-corrected chi connectivity index (χ4v) is 9.09. The topological polar surface area (TPSA) is 100 Å². The molecule has 5 rings (SSSR count). The predicted molar refractivity (Wildman–Crippen MR) is 144 cm³/mol. The number of carbonyl (C=O) groups excluding carboxylic acids is 1. The second-order valence-corrected chi connectivity index (χ2v) is 14.0. The maximum absolute atomic E-state index is 13.1. The van der Waals surface area contributed by atoms with Crippen LogP contribution in [0.25, 0.3) is 20.8 Å². The van der Waals surface area contributed by atoms with Crippen LogP contribution in [-0.2, 0) is 27.6 Å². The number of sulfone groups is 1. The van der Waals surface area contributed by atoms with Crippen LogP contribution in [0.3, 0.4) is 0 Å². The van der Waals surface area contributed by atoms with Gasteiger partial charge in [0.2, 0.25) is 5.91 Å². The number of fused-ring (bicyclic) bond motifs is 2. The summed E-state index contributed by atoms with van der Waals surface area (Å²) in [6.07, 6.45) is 4.73. The molecular weight excluding hydrogens is 501 g/mol. The maximum Gasteiger partial charge on any atom is 0.226 e. The summed E-state index contributed by atoms with van der Waals surface area (Å²) in [6.45, 7) is 6.43. The number of amides is 1. The molecule has 3 heterocycles. The molecule has 2 aromatic heterocycles. The van der Waals surface area contributed by atoms with Gasteiger partial charge in [-0.15, -0.1) is 22.7 Å². The Balaban J connectivity index is 1.47. The van der Waals surface area contributed by atoms with Gasteiger partial charge in [-0.25, -0.2) is 13.4 Å². The van der Waals surface area contributed by atoms with E-state index in [4.69, 9.17) is 4.98 Å². The van der Waals surface area contributed by atoms with Gasteiger partial charge in [0.05, 0.1) is 20.4 Å². The highest BCUT2D eigenvalue weighted by molar-refractivity contribution is 7.92. The molecule has 0 unspecified atom stereocenters. The van der Waals surface area contributed by atoms with E-state index in [0.717, 1.165) is 65.5 Å². The summed E-state index contributed by atoms with van der Waals surface area (Å²) in [5, 5.41) is 11.2. The third-order valence-corrected chi connectivity index (χ3v) is 11.2. The van der Waals surface area contributed by atoms with E-state index < -0.39 is 9.84 Å². The molecule has 0 atom stereocenters. The Hall–Kier alpha value is -1.85. The minimum atomic E-state index is -3.33. The van der Waals surface area contributed by atoms with Crippen LogP contribution in [-0.4, -0.2) is 43.7 Å². The van der Waals surface area contributed by atoms with Crippen LogP contribution in [0.2, 0.25) is 0 Å². The third-order valence-electron chi connectivity index (χ3n) is 6.73. The lowest BCUT2D eigenvalue weighted by Gasteiger charge is -2.13. The molecule has 2 aliphatic rings. The highest BCUT2D eigenvalue weighted by atomic mass is 32.2. The van der Waals surface area contributed by atoms with E-state index in [1.54, 1.807) is 34.8 Å². The number of anilines is 1. The molecule has 35 heavy (non-hydrogen) atoms. The van der Waals surface area contributed by atoms with Crippen molar-refractivity contribution in [2.45, 2.75) is 75.1 Å². The van der Waals surface area contributed by atoms with Crippen molar-refractivity contribution >= 4 is 53.6 Å². The van der Waals surface area contributed by atoms with Crippen molar-refractivity contribution in [3.8, 4) is 10.6 Å². The molecule has 1 aromatic carbocycles. The Bertz CT molecular complexity index is 1340. The standard InChI is InChI=1S/C25H32N4O3S3/c1-15(2)27-12-10-22(30)29-25-23(18-9-11-26-14-21(18)34-25)24-28-19-13-17(7-8-20(19)33-24)35(31,32)16-5-3-4-6-16/h7-8,13,15-16,26-27H,3-6,9-12,14H2,1-2H3,(H,29,30). The van der Waals surface area contributed by atoms with Gasteiger partial charge < -0.3 is 16.0 Å². The summed E-state index contributed by atoms with van der Waals surface area (Å²) in [5.74, 6) is -0.0167. The average Bonchev–Trinajstić information content (AvgIpc) is 3.56. The van der Waals surface area contributed by atoms with E-state index in [2.05, 4.69) is 29.8 Å². The minimum absolute atomic E-state index is 0.0167. The summed E-state index contributed by atoms with van der Waals surface area (Å²) in [5.41, 5.74) is 2.94. The summed E-state index contributed by atoms with van der Waals surface area (Å²) in [6, 6.07) is 5.69. The first kappa shape index (κ1) is 24.8. The van der Waals surface area contributed by atoms with E-state index in [0.29, 0.717) is 29.4 Å². The highest BCUT2D eigenvalue weighted by Gasteiger charge is 2.31. The van der Waals surface area contributed by atoms with Crippen LogP contribution in [0.4, 0.5) is 5.00 Å². The van der Waals surface area contributed by atoms with Gasteiger partial charge in [-0.3, -0.25) is 4.79 Å². The lowest BCUT2D eigenvalue weighted by Crippen LogP contribution is -2.27. The number of rotatable bonds is 8. The lowest BCUT2D eigenvalue weighted by atomic mass is 10.0. The van der Waals surface area contributed by atoms with Crippen molar-refractivity contribution in [1.82, 2.24) is 15.6 Å². The largest absolute Gasteiger partial charge is 0.317 e. The second-order valence-electron chi connectivity index (χ2n) is 9.64. The molecule has 1 saturated carbocycles. The summed E-state index contributed by atoms with van der Waals surface area (Å²) in [4.78, 5) is 19.2. The lowest BCUT2D eigenvalue weighted by molar-refractivity contribution is -0.116. The van der Waals surface area contributed by atoms with Gasteiger partial charge in [0.25, 0.3) is 0 Å². The highest BCUT2D eigenvalue weighted by Crippen LogP contribution is 2.45. The Kier molecular flexibility index (Phi) is 7.28. The molecule has 0 bridgehead atoms. The van der Waals surface area contributed by atoms with Crippen LogP contribution in [0.15, 0.2) is 23.1 Å². The van der Waals surface area contributed by atoms with E-state index in [1.807, 2.05) is 6.07 Å². The van der Waals surface area contributed by atoms with Crippen LogP contribution in [0.5, 0.6) is 0 Å². The molecule has 10 heteroatoms. The van der Waals surface area contributed by atoms with Crippen LogP contribution in [0.1, 0.15) is 56.4 Å². The number of carbonyl (C=O) groups is 1. The number of aromatic nitrogens is 1. The average molecular weight is 533 g/mol. The Morgan fingerprint density at radius 3 is 2.80 bits per heavy atom. The number of thiazole rings is 1. The molecule has 3 aromatic rings. The summed E-state index contributed by atoms with van der Waals surface area (Å²) in [7, 11) is -3.33. The van der Waals surface area contributed by atoms with Crippen molar-refractivity contribution < 1.29 is 13.2 Å². The number of nitrogens with zero attached hydrogens (tertiary/aromatic N) is 1. The Morgan fingerprint density at radius 1 is 1.23 bits per heavy atom. The zero-order chi connectivity index (χ0) is 24.6. The molecule has 3 N–H and O–H groups in total. The first-order valence-corrected chi connectivity index (χ1v) is 15.5. The minimum Gasteiger partial charge on any atom is -0.317 e. The van der Waals surface area contributed by atoms with Gasteiger partial charge in [0.15, 0.2) is 9.84 Å². The van der Waals surface area contributed by atoms with Crippen molar-refractivity contribution in [2.24, 2.45) is 0 Å². The molecule has 0 spiro atoms. The maximum atomic E-state index is 13.1. The van der Waals surface area contributed by atoms with E-state index in [1.165, 1.54) is 10.4 Å². The number of hydrogen-bond acceptors (Lipinski definition) is 8. The zero-order valence-corrected chi connectivity index (χ0v) is 22.6. The Labute approximate surface area is 214 Å². The quantitative estimate of drug-likeness (QED) is 0.388. The van der Waals surface area contributed by atoms with Crippen molar-refractivity contribution in [3.05, 3.63) is 28.6 Å². The first-order chi connectivity index (χ1) is 16.8. The summed E-state index contributed by atoms with van der Waals surface area (Å²) < 4.78 is 27.2. The third kappa shape index (κ3) is 5.17. The first-order valence-electron chi connectivity index (χ1n) is 12.4. The zero-order valence-electron chi connectivity index (χ0n) is 20.1. The van der Waals surface area contributed by atoms with Crippen molar-refractivity contribution in [1.29, 1.82) is 0 Å². The van der Waals surface area contributed by atoms with Gasteiger partial charge >= 0.3 is 0 Å². The van der Waals surface area contributed by atoms with Gasteiger partial charge in [0.1, 0.15) is 10.0 Å². The number of hydrogen-bond donors (Lipinski definition) is 3. The Morgan fingerprint density at radius 2 is 2.03 bits per heavy atom. The van der Waals surface area contributed by atoms with Crippen molar-refractivity contribution in [3.63, 3.8) is 0 Å². The van der Waals surface area contributed by atoms with Crippen molar-refractivity contribution in [2.75, 3.05) is 18.4 Å². The molecule has 1 aliphatic heterocycles. The monoisotopic (exact) mass is 532 g/mol. The van der Waals surface area contributed by atoms with Gasteiger partial charge in [-0.05, 0) is 49.6 Å². The molecule has 0 saturated heterocycles. The molecule has 1 amide bonds. The van der Waals surface area contributed by atoms with Crippen LogP contribution >= 0.6 is 22.7 Å². The molecule has 7 nitrogen and oxygen atoms in total. The number of thiophene rings is 1. The molecule has 1 fully saturated rings. The van der Waals surface area contributed by atoms with Crippen LogP contribution in [0, 0.1) is 0 Å². The second kappa shape index (κ2) is 10.3. The van der Waals surface area contributed by atoms with E-state index in [9.17, 15) is 13.2 Å². The van der Waals surface area contributed by atoms with Gasteiger partial charge in [0, 0.05) is 36.0 Å². The van der Waals surface area contributed by atoms with Gasteiger partial charge in [-0.2, -0.15) is 0 Å².